The fraction of sp³-hybridized carbons (Fsp3) is 0.536. The Morgan fingerprint density at radius 2 is 1.81 bits per heavy atom. The third-order valence-electron chi connectivity index (χ3n) is 8.04. The van der Waals surface area contributed by atoms with Gasteiger partial charge in [0.05, 0.1) is 29.2 Å². The van der Waals surface area contributed by atoms with Gasteiger partial charge in [0, 0.05) is 41.1 Å². The van der Waals surface area contributed by atoms with Crippen LogP contribution < -0.4 is 5.32 Å². The molecule has 3 aliphatic rings. The van der Waals surface area contributed by atoms with E-state index in [0.717, 1.165) is 72.6 Å². The van der Waals surface area contributed by atoms with Crippen molar-refractivity contribution in [2.75, 3.05) is 19.6 Å². The Kier molecular flexibility index (Phi) is 7.60. The number of hydrogen-bond acceptors (Lipinski definition) is 4. The maximum atomic E-state index is 13.2. The summed E-state index contributed by atoms with van der Waals surface area (Å²) in [5, 5.41) is 8.38. The Balaban J connectivity index is 1.28. The monoisotopic (exact) mass is 567 g/mol. The Labute approximate surface area is 225 Å². The summed E-state index contributed by atoms with van der Waals surface area (Å²) in [6.07, 6.45) is 11.0. The summed E-state index contributed by atoms with van der Waals surface area (Å²) in [6.45, 7) is 5.37. The molecule has 1 saturated heterocycles. The number of hydrogen-bond donors (Lipinski definition) is 1. The largest absolute Gasteiger partial charge is 0.351 e. The topological polar surface area (TPSA) is 96.7 Å². The molecule has 0 bridgehead atoms. The molecular formula is C28H34BrN5O3. The quantitative estimate of drug-likeness (QED) is 0.559. The second kappa shape index (κ2) is 10.9. The SMILES string of the molecule is CC1=CC(C)=NC(=O)C1CNC(=O)c1cc(Br)cc2c1cnn2C1CCN(C(=O)C2CCCCC2)CC1. The summed E-state index contributed by atoms with van der Waals surface area (Å²) in [6, 6.07) is 3.96. The van der Waals surface area contributed by atoms with Gasteiger partial charge in [0.1, 0.15) is 0 Å². The first-order chi connectivity index (χ1) is 17.8. The van der Waals surface area contributed by atoms with E-state index in [-0.39, 0.29) is 30.3 Å². The van der Waals surface area contributed by atoms with Crippen molar-refractivity contribution in [3.05, 3.63) is 40.0 Å². The third-order valence-corrected chi connectivity index (χ3v) is 8.50. The average Bonchev–Trinajstić information content (AvgIpc) is 3.31. The van der Waals surface area contributed by atoms with Crippen molar-refractivity contribution < 1.29 is 14.4 Å². The van der Waals surface area contributed by atoms with E-state index < -0.39 is 5.92 Å². The van der Waals surface area contributed by atoms with Crippen LogP contribution in [-0.4, -0.2) is 57.7 Å². The van der Waals surface area contributed by atoms with Crippen LogP contribution >= 0.6 is 15.9 Å². The fourth-order valence-corrected chi connectivity index (χ4v) is 6.42. The molecule has 8 nitrogen and oxygen atoms in total. The highest BCUT2D eigenvalue weighted by atomic mass is 79.9. The van der Waals surface area contributed by atoms with Gasteiger partial charge in [-0.1, -0.05) is 40.8 Å². The van der Waals surface area contributed by atoms with Gasteiger partial charge in [-0.3, -0.25) is 19.1 Å². The molecule has 2 aromatic rings. The number of nitrogens with one attached hydrogen (secondary N) is 1. The minimum Gasteiger partial charge on any atom is -0.351 e. The van der Waals surface area contributed by atoms with Gasteiger partial charge in [0.2, 0.25) is 5.91 Å². The molecule has 9 heteroatoms. The van der Waals surface area contributed by atoms with Gasteiger partial charge in [0.15, 0.2) is 0 Å². The van der Waals surface area contributed by atoms with E-state index >= 15 is 0 Å². The van der Waals surface area contributed by atoms with Crippen LogP contribution in [-0.2, 0) is 9.59 Å². The van der Waals surface area contributed by atoms with Gasteiger partial charge in [-0.05, 0) is 57.7 Å². The zero-order valence-corrected chi connectivity index (χ0v) is 23.1. The van der Waals surface area contributed by atoms with Crippen LogP contribution in [0.1, 0.15) is 75.2 Å². The number of carbonyl (C=O) groups excluding carboxylic acids is 3. The van der Waals surface area contributed by atoms with Crippen molar-refractivity contribution in [2.45, 2.75) is 64.8 Å². The minimum atomic E-state index is -0.445. The van der Waals surface area contributed by atoms with Crippen molar-refractivity contribution in [1.82, 2.24) is 20.0 Å². The van der Waals surface area contributed by atoms with Gasteiger partial charge in [-0.25, -0.2) is 4.99 Å². The van der Waals surface area contributed by atoms with Crippen molar-refractivity contribution in [1.29, 1.82) is 0 Å². The number of fused-ring (bicyclic) bond motifs is 1. The number of amides is 3. The van der Waals surface area contributed by atoms with Crippen molar-refractivity contribution in [3.63, 3.8) is 0 Å². The molecule has 2 fully saturated rings. The fourth-order valence-electron chi connectivity index (χ4n) is 5.98. The van der Waals surface area contributed by atoms with Crippen LogP contribution in [0.15, 0.2) is 39.4 Å². The Morgan fingerprint density at radius 1 is 1.08 bits per heavy atom. The Bertz CT molecular complexity index is 1280. The summed E-state index contributed by atoms with van der Waals surface area (Å²) >= 11 is 3.57. The second-order valence-electron chi connectivity index (χ2n) is 10.6. The van der Waals surface area contributed by atoms with Crippen molar-refractivity contribution in [3.8, 4) is 0 Å². The highest BCUT2D eigenvalue weighted by Gasteiger charge is 2.31. The molecule has 196 valence electrons. The summed E-state index contributed by atoms with van der Waals surface area (Å²) in [4.78, 5) is 44.6. The average molecular weight is 569 g/mol. The maximum absolute atomic E-state index is 13.2. The van der Waals surface area contributed by atoms with E-state index in [1.54, 1.807) is 19.2 Å². The zero-order chi connectivity index (χ0) is 26.1. The van der Waals surface area contributed by atoms with Crippen molar-refractivity contribution in [2.24, 2.45) is 16.8 Å². The van der Waals surface area contributed by atoms with E-state index in [1.807, 2.05) is 28.6 Å². The third kappa shape index (κ3) is 5.42. The van der Waals surface area contributed by atoms with Crippen molar-refractivity contribution >= 4 is 50.3 Å². The number of dihydropyridines is 1. The van der Waals surface area contributed by atoms with Crippen LogP contribution in [0.25, 0.3) is 10.9 Å². The molecule has 0 radical (unpaired) electrons. The van der Waals surface area contributed by atoms with Crippen LogP contribution in [0.4, 0.5) is 0 Å². The highest BCUT2D eigenvalue weighted by molar-refractivity contribution is 9.10. The molecule has 1 N–H and O–H groups in total. The number of piperidine rings is 1. The summed E-state index contributed by atoms with van der Waals surface area (Å²) in [7, 11) is 0. The molecule has 3 amide bonds. The molecule has 1 aliphatic carbocycles. The van der Waals surface area contributed by atoms with Crippen LogP contribution in [0.3, 0.4) is 0 Å². The number of rotatable bonds is 5. The van der Waals surface area contributed by atoms with E-state index in [4.69, 9.17) is 0 Å². The number of nitrogens with zero attached hydrogens (tertiary/aromatic N) is 4. The molecule has 2 aliphatic heterocycles. The molecule has 1 aromatic heterocycles. The zero-order valence-electron chi connectivity index (χ0n) is 21.5. The summed E-state index contributed by atoms with van der Waals surface area (Å²) in [5.41, 5.74) is 3.00. The predicted molar refractivity (Wildman–Crippen MR) is 147 cm³/mol. The molecular weight excluding hydrogens is 534 g/mol. The smallest absolute Gasteiger partial charge is 0.254 e. The first-order valence-corrected chi connectivity index (χ1v) is 14.1. The number of aromatic nitrogens is 2. The number of aliphatic imine (C=N–C) groups is 1. The van der Waals surface area contributed by atoms with Gasteiger partial charge >= 0.3 is 0 Å². The molecule has 1 saturated carbocycles. The van der Waals surface area contributed by atoms with E-state index in [0.29, 0.717) is 17.2 Å². The molecule has 3 heterocycles. The standard InChI is InChI=1S/C28H34BrN5O3/c1-17-12-18(2)32-27(36)23(17)15-30-26(35)22-13-20(29)14-25-24(22)16-31-34(25)21-8-10-33(11-9-21)28(37)19-6-4-3-5-7-19/h12-14,16,19,21,23H,3-11,15H2,1-2H3,(H,30,35). The predicted octanol–water partition coefficient (Wildman–Crippen LogP) is 4.84. The number of carbonyl (C=O) groups is 3. The number of halogens is 1. The summed E-state index contributed by atoms with van der Waals surface area (Å²) < 4.78 is 2.80. The Morgan fingerprint density at radius 3 is 2.51 bits per heavy atom. The number of allylic oxidation sites excluding steroid dienone is 1. The lowest BCUT2D eigenvalue weighted by molar-refractivity contribution is -0.137. The Hall–Kier alpha value is -2.81. The van der Waals surface area contributed by atoms with Crippen LogP contribution in [0.2, 0.25) is 0 Å². The first kappa shape index (κ1) is 25.8. The van der Waals surface area contributed by atoms with Gasteiger partial charge < -0.3 is 10.2 Å². The molecule has 37 heavy (non-hydrogen) atoms. The van der Waals surface area contributed by atoms with E-state index in [2.05, 4.69) is 31.3 Å². The molecule has 5 rings (SSSR count). The normalized spacial score (nSPS) is 21.6. The molecule has 0 spiro atoms. The lowest BCUT2D eigenvalue weighted by atomic mass is 9.87. The first-order valence-electron chi connectivity index (χ1n) is 13.3. The second-order valence-corrected chi connectivity index (χ2v) is 11.5. The lowest BCUT2D eigenvalue weighted by Crippen LogP contribution is -2.42. The molecule has 1 unspecified atom stereocenters. The molecule has 1 atom stereocenters. The van der Waals surface area contributed by atoms with Gasteiger partial charge in [0.25, 0.3) is 11.8 Å². The minimum absolute atomic E-state index is 0.173. The van der Waals surface area contributed by atoms with Gasteiger partial charge in [-0.15, -0.1) is 0 Å². The lowest BCUT2D eigenvalue weighted by Gasteiger charge is -2.35. The number of likely N-dealkylation sites (tertiary alicyclic amines) is 1. The van der Waals surface area contributed by atoms with Gasteiger partial charge in [-0.2, -0.15) is 5.10 Å². The van der Waals surface area contributed by atoms with E-state index in [1.165, 1.54) is 6.42 Å². The highest BCUT2D eigenvalue weighted by Crippen LogP contribution is 2.32. The van der Waals surface area contributed by atoms with E-state index in [9.17, 15) is 14.4 Å². The van der Waals surface area contributed by atoms with Crippen LogP contribution in [0, 0.1) is 11.8 Å². The summed E-state index contributed by atoms with van der Waals surface area (Å²) in [5.74, 6) is -0.386. The number of benzene rings is 1. The van der Waals surface area contributed by atoms with Crippen LogP contribution in [0.5, 0.6) is 0 Å². The maximum Gasteiger partial charge on any atom is 0.254 e. The molecule has 1 aromatic carbocycles.